The molecule has 0 aliphatic carbocycles. The second-order valence-electron chi connectivity index (χ2n) is 3.39. The standard InChI is InChI=1S/C12H13N3O2/c1-3-12-11(8-13-17-12)15-14-9-4-6-10(16-2)7-5-9/h4-8H,3H2,1-2H3. The van der Waals surface area contributed by atoms with Crippen LogP contribution in [0.25, 0.3) is 0 Å². The van der Waals surface area contributed by atoms with Crippen LogP contribution in [0.2, 0.25) is 0 Å². The van der Waals surface area contributed by atoms with Gasteiger partial charge in [-0.2, -0.15) is 5.11 Å². The van der Waals surface area contributed by atoms with Gasteiger partial charge in [0, 0.05) is 6.42 Å². The highest BCUT2D eigenvalue weighted by molar-refractivity contribution is 5.42. The van der Waals surface area contributed by atoms with E-state index in [0.29, 0.717) is 5.69 Å². The van der Waals surface area contributed by atoms with Gasteiger partial charge in [0.2, 0.25) is 0 Å². The molecule has 2 aromatic rings. The van der Waals surface area contributed by atoms with E-state index in [4.69, 9.17) is 9.26 Å². The van der Waals surface area contributed by atoms with E-state index < -0.39 is 0 Å². The summed E-state index contributed by atoms with van der Waals surface area (Å²) in [5.74, 6) is 1.53. The largest absolute Gasteiger partial charge is 0.497 e. The molecule has 5 heteroatoms. The second-order valence-corrected chi connectivity index (χ2v) is 3.39. The highest BCUT2D eigenvalue weighted by Gasteiger charge is 2.03. The molecule has 0 unspecified atom stereocenters. The average molecular weight is 231 g/mol. The monoisotopic (exact) mass is 231 g/mol. The number of hydrogen-bond acceptors (Lipinski definition) is 5. The first-order valence-electron chi connectivity index (χ1n) is 5.33. The molecule has 0 N–H and O–H groups in total. The van der Waals surface area contributed by atoms with Crippen LogP contribution in [0.5, 0.6) is 5.75 Å². The van der Waals surface area contributed by atoms with E-state index in [9.17, 15) is 0 Å². The first-order valence-corrected chi connectivity index (χ1v) is 5.33. The molecule has 0 saturated heterocycles. The van der Waals surface area contributed by atoms with Crippen molar-refractivity contribution in [1.29, 1.82) is 0 Å². The number of aromatic nitrogens is 1. The lowest BCUT2D eigenvalue weighted by Gasteiger charge is -1.97. The second kappa shape index (κ2) is 5.25. The van der Waals surface area contributed by atoms with E-state index in [2.05, 4.69) is 15.4 Å². The molecule has 5 nitrogen and oxygen atoms in total. The molecule has 1 aromatic carbocycles. The molecule has 17 heavy (non-hydrogen) atoms. The summed E-state index contributed by atoms with van der Waals surface area (Å²) in [4.78, 5) is 0. The van der Waals surface area contributed by atoms with Crippen LogP contribution in [-0.2, 0) is 6.42 Å². The third-order valence-electron chi connectivity index (χ3n) is 2.29. The van der Waals surface area contributed by atoms with Gasteiger partial charge in [0.1, 0.15) is 11.4 Å². The van der Waals surface area contributed by atoms with E-state index >= 15 is 0 Å². The fraction of sp³-hybridized carbons (Fsp3) is 0.250. The van der Waals surface area contributed by atoms with Crippen LogP contribution in [0.4, 0.5) is 11.4 Å². The lowest BCUT2D eigenvalue weighted by atomic mass is 10.3. The lowest BCUT2D eigenvalue weighted by molar-refractivity contribution is 0.387. The maximum Gasteiger partial charge on any atom is 0.163 e. The zero-order valence-corrected chi connectivity index (χ0v) is 9.75. The Kier molecular flexibility index (Phi) is 3.49. The first-order chi connectivity index (χ1) is 8.33. The van der Waals surface area contributed by atoms with Crippen molar-refractivity contribution in [2.45, 2.75) is 13.3 Å². The van der Waals surface area contributed by atoms with Crippen molar-refractivity contribution in [2.75, 3.05) is 7.11 Å². The summed E-state index contributed by atoms with van der Waals surface area (Å²) in [6.07, 6.45) is 2.31. The van der Waals surface area contributed by atoms with Crippen LogP contribution in [0.1, 0.15) is 12.7 Å². The molecule has 0 amide bonds. The van der Waals surface area contributed by atoms with E-state index in [1.165, 1.54) is 0 Å². The number of hydrogen-bond donors (Lipinski definition) is 0. The summed E-state index contributed by atoms with van der Waals surface area (Å²) in [7, 11) is 1.63. The summed E-state index contributed by atoms with van der Waals surface area (Å²) in [6, 6.07) is 7.34. The predicted molar refractivity (Wildman–Crippen MR) is 63.1 cm³/mol. The van der Waals surface area contributed by atoms with Crippen LogP contribution < -0.4 is 4.74 Å². The van der Waals surface area contributed by atoms with Crippen LogP contribution >= 0.6 is 0 Å². The highest BCUT2D eigenvalue weighted by atomic mass is 16.5. The zero-order valence-electron chi connectivity index (χ0n) is 9.75. The van der Waals surface area contributed by atoms with Crippen molar-refractivity contribution in [3.05, 3.63) is 36.2 Å². The lowest BCUT2D eigenvalue weighted by Crippen LogP contribution is -1.79. The maximum atomic E-state index is 5.06. The van der Waals surface area contributed by atoms with Crippen molar-refractivity contribution in [2.24, 2.45) is 10.2 Å². The van der Waals surface area contributed by atoms with Gasteiger partial charge in [0.05, 0.1) is 19.0 Å². The number of rotatable bonds is 4. The average Bonchev–Trinajstić information content (AvgIpc) is 2.84. The molecule has 0 fully saturated rings. The number of methoxy groups -OCH3 is 1. The summed E-state index contributed by atoms with van der Waals surface area (Å²) in [5.41, 5.74) is 1.43. The smallest absolute Gasteiger partial charge is 0.163 e. The van der Waals surface area contributed by atoms with Gasteiger partial charge in [0.25, 0.3) is 0 Å². The molecular weight excluding hydrogens is 218 g/mol. The molecular formula is C12H13N3O2. The van der Waals surface area contributed by atoms with Gasteiger partial charge in [0.15, 0.2) is 5.76 Å². The summed E-state index contributed by atoms with van der Waals surface area (Å²) < 4.78 is 10.1. The highest BCUT2D eigenvalue weighted by Crippen LogP contribution is 2.23. The Balaban J connectivity index is 2.14. The molecule has 88 valence electrons. The van der Waals surface area contributed by atoms with Gasteiger partial charge in [-0.15, -0.1) is 5.11 Å². The minimum Gasteiger partial charge on any atom is -0.497 e. The third-order valence-corrected chi connectivity index (χ3v) is 2.29. The van der Waals surface area contributed by atoms with Gasteiger partial charge in [-0.3, -0.25) is 0 Å². The van der Waals surface area contributed by atoms with Crippen molar-refractivity contribution < 1.29 is 9.26 Å². The Bertz CT molecular complexity index is 503. The van der Waals surface area contributed by atoms with Crippen molar-refractivity contribution >= 4 is 11.4 Å². The minimum absolute atomic E-state index is 0.670. The molecule has 0 aliphatic rings. The number of ether oxygens (including phenoxy) is 1. The Morgan fingerprint density at radius 2 is 2.00 bits per heavy atom. The van der Waals surface area contributed by atoms with Gasteiger partial charge in [-0.05, 0) is 24.3 Å². The van der Waals surface area contributed by atoms with Crippen molar-refractivity contribution in [3.8, 4) is 5.75 Å². The van der Waals surface area contributed by atoms with Gasteiger partial charge >= 0.3 is 0 Å². The number of azo groups is 1. The van der Waals surface area contributed by atoms with E-state index in [0.717, 1.165) is 23.6 Å². The van der Waals surface area contributed by atoms with E-state index in [-0.39, 0.29) is 0 Å². The molecule has 0 aliphatic heterocycles. The Hall–Kier alpha value is -2.17. The quantitative estimate of drug-likeness (QED) is 0.754. The minimum atomic E-state index is 0.670. The fourth-order valence-electron chi connectivity index (χ4n) is 1.35. The molecule has 0 spiro atoms. The molecule has 0 atom stereocenters. The molecule has 1 heterocycles. The van der Waals surface area contributed by atoms with E-state index in [1.807, 2.05) is 31.2 Å². The Labute approximate surface area is 99.1 Å². The van der Waals surface area contributed by atoms with Gasteiger partial charge in [-0.25, -0.2) is 0 Å². The summed E-state index contributed by atoms with van der Waals surface area (Å²) >= 11 is 0. The fourth-order valence-corrected chi connectivity index (χ4v) is 1.35. The van der Waals surface area contributed by atoms with E-state index in [1.54, 1.807) is 13.3 Å². The Morgan fingerprint density at radius 3 is 2.65 bits per heavy atom. The normalized spacial score (nSPS) is 10.9. The van der Waals surface area contributed by atoms with Crippen LogP contribution in [0.15, 0.2) is 45.2 Å². The number of benzene rings is 1. The van der Waals surface area contributed by atoms with Crippen LogP contribution in [-0.4, -0.2) is 12.3 Å². The molecule has 0 saturated carbocycles. The first kappa shape index (κ1) is 11.3. The maximum absolute atomic E-state index is 5.06. The van der Waals surface area contributed by atoms with Gasteiger partial charge < -0.3 is 9.26 Å². The SMILES string of the molecule is CCc1oncc1N=Nc1ccc(OC)cc1. The zero-order chi connectivity index (χ0) is 12.1. The summed E-state index contributed by atoms with van der Waals surface area (Å²) in [5, 5.41) is 11.9. The van der Waals surface area contributed by atoms with Crippen molar-refractivity contribution in [1.82, 2.24) is 5.16 Å². The summed E-state index contributed by atoms with van der Waals surface area (Å²) in [6.45, 7) is 1.98. The topological polar surface area (TPSA) is 60.0 Å². The third kappa shape index (κ3) is 2.69. The van der Waals surface area contributed by atoms with Crippen LogP contribution in [0.3, 0.4) is 0 Å². The molecule has 0 bridgehead atoms. The predicted octanol–water partition coefficient (Wildman–Crippen LogP) is 3.66. The molecule has 2 rings (SSSR count). The number of nitrogens with zero attached hydrogens (tertiary/aromatic N) is 3. The van der Waals surface area contributed by atoms with Crippen molar-refractivity contribution in [3.63, 3.8) is 0 Å². The van der Waals surface area contributed by atoms with Gasteiger partial charge in [-0.1, -0.05) is 12.1 Å². The molecule has 1 aromatic heterocycles. The number of aryl methyl sites for hydroxylation is 1. The molecule has 0 radical (unpaired) electrons. The Morgan fingerprint density at radius 1 is 1.24 bits per heavy atom. The van der Waals surface area contributed by atoms with Crippen LogP contribution in [0, 0.1) is 0 Å².